The molecule has 4 aliphatic carbocycles. The van der Waals surface area contributed by atoms with Crippen LogP contribution in [0.5, 0.6) is 0 Å². The van der Waals surface area contributed by atoms with Gasteiger partial charge in [-0.25, -0.2) is 0 Å². The van der Waals surface area contributed by atoms with Crippen LogP contribution in [0.3, 0.4) is 0 Å². The summed E-state index contributed by atoms with van der Waals surface area (Å²) in [6.45, 7) is 2.05. The minimum absolute atomic E-state index is 0.0476. The van der Waals surface area contributed by atoms with Gasteiger partial charge in [0.15, 0.2) is 0 Å². The summed E-state index contributed by atoms with van der Waals surface area (Å²) in [6, 6.07) is 0.119. The summed E-state index contributed by atoms with van der Waals surface area (Å²) in [5.74, 6) is 2.79. The Bertz CT molecular complexity index is 399. The second-order valence-electron chi connectivity index (χ2n) is 7.63. The van der Waals surface area contributed by atoms with Gasteiger partial charge in [0.1, 0.15) is 0 Å². The van der Waals surface area contributed by atoms with Crippen LogP contribution in [0, 0.1) is 23.2 Å². The van der Waals surface area contributed by atoms with Gasteiger partial charge >= 0.3 is 0 Å². The average molecular weight is 294 g/mol. The van der Waals surface area contributed by atoms with Gasteiger partial charge in [0.2, 0.25) is 5.91 Å². The van der Waals surface area contributed by atoms with E-state index < -0.39 is 0 Å². The van der Waals surface area contributed by atoms with Crippen molar-refractivity contribution in [3.05, 3.63) is 0 Å². The van der Waals surface area contributed by atoms with Crippen LogP contribution in [0.1, 0.15) is 51.9 Å². The minimum Gasteiger partial charge on any atom is -0.393 e. The lowest BCUT2D eigenvalue weighted by molar-refractivity contribution is -0.158. The highest BCUT2D eigenvalue weighted by atomic mass is 32.1. The number of hydrogen-bond donors (Lipinski definition) is 1. The van der Waals surface area contributed by atoms with E-state index in [0.717, 1.165) is 37.0 Å². The van der Waals surface area contributed by atoms with Crippen molar-refractivity contribution >= 4 is 23.1 Å². The molecule has 20 heavy (non-hydrogen) atoms. The molecular weight excluding hydrogens is 268 g/mol. The number of nitrogens with two attached hydrogens (primary N) is 1. The molecule has 4 saturated carbocycles. The first kappa shape index (κ1) is 14.3. The van der Waals surface area contributed by atoms with Crippen LogP contribution in [0.25, 0.3) is 0 Å². The van der Waals surface area contributed by atoms with E-state index in [2.05, 4.69) is 6.92 Å². The molecule has 0 heterocycles. The number of thiocarbonyl (C=S) groups is 1. The summed E-state index contributed by atoms with van der Waals surface area (Å²) < 4.78 is 0. The summed E-state index contributed by atoms with van der Waals surface area (Å²) in [6.07, 6.45) is 8.13. The number of carbonyl (C=O) groups excluding carboxylic acids is 1. The maximum absolute atomic E-state index is 13.1. The molecule has 2 N–H and O–H groups in total. The summed E-state index contributed by atoms with van der Waals surface area (Å²) in [5.41, 5.74) is 5.58. The van der Waals surface area contributed by atoms with Gasteiger partial charge in [-0.15, -0.1) is 0 Å². The molecule has 4 heteroatoms. The first-order valence-corrected chi connectivity index (χ1v) is 8.36. The normalized spacial score (nSPS) is 39.6. The number of carbonyl (C=O) groups is 1. The molecule has 4 rings (SSSR count). The largest absolute Gasteiger partial charge is 0.393 e. The van der Waals surface area contributed by atoms with Gasteiger partial charge in [-0.3, -0.25) is 4.79 Å². The molecule has 1 unspecified atom stereocenters. The number of rotatable bonds is 4. The molecule has 1 atom stereocenters. The first-order chi connectivity index (χ1) is 9.39. The third-order valence-corrected chi connectivity index (χ3v) is 6.14. The maximum atomic E-state index is 13.1. The lowest BCUT2D eigenvalue weighted by atomic mass is 9.49. The highest BCUT2D eigenvalue weighted by molar-refractivity contribution is 7.80. The van der Waals surface area contributed by atoms with Crippen LogP contribution in [0.4, 0.5) is 0 Å². The zero-order valence-corrected chi connectivity index (χ0v) is 13.4. The predicted molar refractivity (Wildman–Crippen MR) is 84.2 cm³/mol. The van der Waals surface area contributed by atoms with Crippen LogP contribution in [0.2, 0.25) is 0 Å². The molecule has 0 aromatic rings. The van der Waals surface area contributed by atoms with Crippen LogP contribution in [-0.2, 0) is 4.79 Å². The Hall–Kier alpha value is -0.640. The maximum Gasteiger partial charge on any atom is 0.228 e. The van der Waals surface area contributed by atoms with Crippen LogP contribution in [-0.4, -0.2) is 28.9 Å². The SMILES string of the molecule is CC(CC(N)=S)N(C)C(=O)C12CC3CC(CC(C3)C1)C2. The van der Waals surface area contributed by atoms with Gasteiger partial charge in [0.25, 0.3) is 0 Å². The quantitative estimate of drug-likeness (QED) is 0.811. The summed E-state index contributed by atoms with van der Waals surface area (Å²) in [5, 5.41) is 0. The van der Waals surface area contributed by atoms with Crippen molar-refractivity contribution in [2.24, 2.45) is 28.9 Å². The molecule has 0 aromatic heterocycles. The van der Waals surface area contributed by atoms with E-state index in [1.165, 1.54) is 19.3 Å². The fourth-order valence-corrected chi connectivity index (χ4v) is 5.62. The fraction of sp³-hybridized carbons (Fsp3) is 0.875. The number of hydrogen-bond acceptors (Lipinski definition) is 2. The molecule has 1 amide bonds. The lowest BCUT2D eigenvalue weighted by Crippen LogP contribution is -2.55. The van der Waals surface area contributed by atoms with Crippen LogP contribution in [0.15, 0.2) is 0 Å². The van der Waals surface area contributed by atoms with Crippen molar-refractivity contribution in [2.45, 2.75) is 57.9 Å². The standard InChI is InChI=1S/C16H26N2OS/c1-10(3-14(17)20)18(2)15(19)16-7-11-4-12(8-16)6-13(5-11)9-16/h10-13H,3-9H2,1-2H3,(H2,17,20). The predicted octanol–water partition coefficient (Wildman–Crippen LogP) is 2.73. The van der Waals surface area contributed by atoms with Gasteiger partial charge in [0.05, 0.1) is 10.4 Å². The third-order valence-electron chi connectivity index (χ3n) is 5.97. The zero-order valence-electron chi connectivity index (χ0n) is 12.6. The van der Waals surface area contributed by atoms with Crippen molar-refractivity contribution in [1.29, 1.82) is 0 Å². The fourth-order valence-electron chi connectivity index (χ4n) is 5.37. The van der Waals surface area contributed by atoms with Crippen molar-refractivity contribution in [1.82, 2.24) is 4.90 Å². The minimum atomic E-state index is -0.0476. The molecule has 4 aliphatic rings. The van der Waals surface area contributed by atoms with Gasteiger partial charge in [-0.05, 0) is 63.2 Å². The van der Waals surface area contributed by atoms with E-state index in [1.54, 1.807) is 0 Å². The molecule has 0 radical (unpaired) electrons. The molecule has 112 valence electrons. The van der Waals surface area contributed by atoms with Gasteiger partial charge in [-0.2, -0.15) is 0 Å². The molecule has 0 aromatic carbocycles. The number of nitrogens with zero attached hydrogens (tertiary/aromatic N) is 1. The second kappa shape index (κ2) is 4.97. The zero-order chi connectivity index (χ0) is 14.5. The topological polar surface area (TPSA) is 46.3 Å². The second-order valence-corrected chi connectivity index (χ2v) is 8.16. The Morgan fingerprint density at radius 1 is 1.25 bits per heavy atom. The highest BCUT2D eigenvalue weighted by Crippen LogP contribution is 2.60. The Labute approximate surface area is 127 Å². The van der Waals surface area contributed by atoms with E-state index in [1.807, 2.05) is 11.9 Å². The molecule has 0 saturated heterocycles. The molecule has 0 spiro atoms. The van der Waals surface area contributed by atoms with Crippen molar-refractivity contribution in [3.8, 4) is 0 Å². The molecule has 4 bridgehead atoms. The van der Waals surface area contributed by atoms with Gasteiger partial charge in [-0.1, -0.05) is 12.2 Å². The highest BCUT2D eigenvalue weighted by Gasteiger charge is 2.55. The Kier molecular flexibility index (Phi) is 3.56. The Balaban J connectivity index is 1.75. The van der Waals surface area contributed by atoms with E-state index >= 15 is 0 Å². The Morgan fingerprint density at radius 2 is 1.70 bits per heavy atom. The van der Waals surface area contributed by atoms with E-state index in [4.69, 9.17) is 18.0 Å². The van der Waals surface area contributed by atoms with Crippen LogP contribution >= 0.6 is 12.2 Å². The van der Waals surface area contributed by atoms with Gasteiger partial charge < -0.3 is 10.6 Å². The van der Waals surface area contributed by atoms with E-state index in [0.29, 0.717) is 17.3 Å². The summed E-state index contributed by atoms with van der Waals surface area (Å²) >= 11 is 4.99. The van der Waals surface area contributed by atoms with E-state index in [-0.39, 0.29) is 11.5 Å². The number of amides is 1. The first-order valence-electron chi connectivity index (χ1n) is 7.95. The molecule has 3 nitrogen and oxygen atoms in total. The average Bonchev–Trinajstić information content (AvgIpc) is 2.34. The van der Waals surface area contributed by atoms with Crippen molar-refractivity contribution < 1.29 is 4.79 Å². The van der Waals surface area contributed by atoms with Crippen molar-refractivity contribution in [2.75, 3.05) is 7.05 Å². The van der Waals surface area contributed by atoms with Gasteiger partial charge in [0, 0.05) is 19.5 Å². The summed E-state index contributed by atoms with van der Waals surface area (Å²) in [7, 11) is 1.93. The van der Waals surface area contributed by atoms with E-state index in [9.17, 15) is 4.79 Å². The monoisotopic (exact) mass is 294 g/mol. The third kappa shape index (κ3) is 2.36. The Morgan fingerprint density at radius 3 is 2.10 bits per heavy atom. The molecule has 4 fully saturated rings. The molecular formula is C16H26N2OS. The van der Waals surface area contributed by atoms with Crippen LogP contribution < -0.4 is 5.73 Å². The summed E-state index contributed by atoms with van der Waals surface area (Å²) in [4.78, 5) is 15.5. The van der Waals surface area contributed by atoms with Crippen molar-refractivity contribution in [3.63, 3.8) is 0 Å². The lowest BCUT2D eigenvalue weighted by Gasteiger charge is -2.56. The molecule has 0 aliphatic heterocycles. The smallest absolute Gasteiger partial charge is 0.228 e.